The van der Waals surface area contributed by atoms with Gasteiger partial charge in [0.2, 0.25) is 0 Å². The van der Waals surface area contributed by atoms with E-state index in [9.17, 15) is 9.90 Å². The van der Waals surface area contributed by atoms with Crippen molar-refractivity contribution in [3.8, 4) is 0 Å². The molecule has 0 unspecified atom stereocenters. The third-order valence-electron chi connectivity index (χ3n) is 2.66. The van der Waals surface area contributed by atoms with Crippen molar-refractivity contribution in [3.05, 3.63) is 0 Å². The Morgan fingerprint density at radius 3 is 2.64 bits per heavy atom. The summed E-state index contributed by atoms with van der Waals surface area (Å²) in [6.45, 7) is 1.99. The fraction of sp³-hybridized carbons (Fsp3) is 0.889. The maximum absolute atomic E-state index is 10.8. The van der Waals surface area contributed by atoms with Crippen molar-refractivity contribution in [1.82, 2.24) is 5.32 Å². The molecule has 1 saturated heterocycles. The first-order valence-electron chi connectivity index (χ1n) is 4.75. The van der Waals surface area contributed by atoms with E-state index in [1.807, 2.05) is 0 Å². The van der Waals surface area contributed by atoms with Gasteiger partial charge >= 0.3 is 6.16 Å². The Bertz CT molecular complexity index is 189. The molecule has 0 spiro atoms. The van der Waals surface area contributed by atoms with Crippen LogP contribution in [0.1, 0.15) is 12.8 Å². The highest BCUT2D eigenvalue weighted by atomic mass is 16.7. The number of piperidine rings is 1. The number of hydrogen-bond donors (Lipinski definition) is 2. The second kappa shape index (κ2) is 5.17. The van der Waals surface area contributed by atoms with E-state index < -0.39 is 6.16 Å². The lowest BCUT2D eigenvalue weighted by molar-refractivity contribution is -0.00660. The standard InChI is InChI=1S/C9H17NO4/c1-13-8(12)14-7-9(6-11)2-4-10-5-3-9/h10-11H,2-7H2,1H3. The van der Waals surface area contributed by atoms with Crippen LogP contribution in [0.4, 0.5) is 4.79 Å². The number of hydrogen-bond acceptors (Lipinski definition) is 5. The lowest BCUT2D eigenvalue weighted by Crippen LogP contribution is -2.42. The molecule has 0 bridgehead atoms. The summed E-state index contributed by atoms with van der Waals surface area (Å²) in [7, 11) is 1.27. The van der Waals surface area contributed by atoms with Gasteiger partial charge in [-0.15, -0.1) is 0 Å². The molecule has 0 atom stereocenters. The van der Waals surface area contributed by atoms with Gasteiger partial charge < -0.3 is 19.9 Å². The molecular formula is C9H17NO4. The third-order valence-corrected chi connectivity index (χ3v) is 2.66. The van der Waals surface area contributed by atoms with Crippen molar-refractivity contribution < 1.29 is 19.4 Å². The van der Waals surface area contributed by atoms with E-state index in [0.717, 1.165) is 25.9 Å². The molecule has 2 N–H and O–H groups in total. The zero-order chi connectivity index (χ0) is 10.4. The van der Waals surface area contributed by atoms with E-state index in [1.165, 1.54) is 7.11 Å². The Hall–Kier alpha value is -0.810. The van der Waals surface area contributed by atoms with Gasteiger partial charge in [-0.2, -0.15) is 0 Å². The average molecular weight is 203 g/mol. The quantitative estimate of drug-likeness (QED) is 0.638. The number of methoxy groups -OCH3 is 1. The van der Waals surface area contributed by atoms with E-state index in [2.05, 4.69) is 10.1 Å². The fourth-order valence-corrected chi connectivity index (χ4v) is 1.58. The van der Waals surface area contributed by atoms with Crippen molar-refractivity contribution in [1.29, 1.82) is 0 Å². The monoisotopic (exact) mass is 203 g/mol. The molecule has 82 valence electrons. The fourth-order valence-electron chi connectivity index (χ4n) is 1.58. The molecule has 14 heavy (non-hydrogen) atoms. The summed E-state index contributed by atoms with van der Waals surface area (Å²) in [5.74, 6) is 0. The van der Waals surface area contributed by atoms with Crippen LogP contribution >= 0.6 is 0 Å². The first-order valence-corrected chi connectivity index (χ1v) is 4.75. The van der Waals surface area contributed by atoms with Gasteiger partial charge in [0, 0.05) is 5.41 Å². The summed E-state index contributed by atoms with van der Waals surface area (Å²) < 4.78 is 9.25. The van der Waals surface area contributed by atoms with Gasteiger partial charge in [-0.3, -0.25) is 0 Å². The lowest BCUT2D eigenvalue weighted by atomic mass is 9.80. The van der Waals surface area contributed by atoms with E-state index in [1.54, 1.807) is 0 Å². The average Bonchev–Trinajstić information content (AvgIpc) is 2.27. The number of aliphatic hydroxyl groups is 1. The van der Waals surface area contributed by atoms with Crippen LogP contribution in [0.25, 0.3) is 0 Å². The largest absolute Gasteiger partial charge is 0.507 e. The smallest absolute Gasteiger partial charge is 0.438 e. The van der Waals surface area contributed by atoms with Crippen LogP contribution in [0.15, 0.2) is 0 Å². The van der Waals surface area contributed by atoms with Crippen LogP contribution in [0.3, 0.4) is 0 Å². The molecule has 0 saturated carbocycles. The Balaban J connectivity index is 2.39. The van der Waals surface area contributed by atoms with Crippen molar-refractivity contribution in [2.24, 2.45) is 5.41 Å². The molecular weight excluding hydrogens is 186 g/mol. The maximum Gasteiger partial charge on any atom is 0.507 e. The Morgan fingerprint density at radius 1 is 1.50 bits per heavy atom. The zero-order valence-corrected chi connectivity index (χ0v) is 8.41. The normalized spacial score (nSPS) is 20.1. The van der Waals surface area contributed by atoms with Crippen LogP contribution < -0.4 is 5.32 Å². The number of aliphatic hydroxyl groups excluding tert-OH is 1. The molecule has 0 aromatic heterocycles. The minimum atomic E-state index is -0.684. The molecule has 0 aromatic rings. The van der Waals surface area contributed by atoms with Gasteiger partial charge in [0.05, 0.1) is 13.7 Å². The Labute approximate surface area is 83.4 Å². The highest BCUT2D eigenvalue weighted by Crippen LogP contribution is 2.28. The van der Waals surface area contributed by atoms with Crippen molar-refractivity contribution >= 4 is 6.16 Å². The second-order valence-electron chi connectivity index (χ2n) is 3.65. The zero-order valence-electron chi connectivity index (χ0n) is 8.41. The first kappa shape index (κ1) is 11.3. The van der Waals surface area contributed by atoms with Gasteiger partial charge in [0.15, 0.2) is 0 Å². The Kier molecular flexibility index (Phi) is 4.16. The molecule has 0 radical (unpaired) electrons. The summed E-state index contributed by atoms with van der Waals surface area (Å²) in [6.07, 6.45) is 0.956. The molecule has 0 amide bonds. The maximum atomic E-state index is 10.8. The first-order chi connectivity index (χ1) is 6.72. The van der Waals surface area contributed by atoms with Crippen LogP contribution in [0, 0.1) is 5.41 Å². The topological polar surface area (TPSA) is 67.8 Å². The van der Waals surface area contributed by atoms with E-state index in [0.29, 0.717) is 0 Å². The van der Waals surface area contributed by atoms with E-state index >= 15 is 0 Å². The second-order valence-corrected chi connectivity index (χ2v) is 3.65. The number of rotatable bonds is 3. The molecule has 0 aromatic carbocycles. The highest BCUT2D eigenvalue weighted by molar-refractivity contribution is 5.59. The van der Waals surface area contributed by atoms with Gasteiger partial charge in [0.25, 0.3) is 0 Å². The molecule has 5 heteroatoms. The minimum absolute atomic E-state index is 0.0473. The SMILES string of the molecule is COC(=O)OCC1(CO)CCNCC1. The van der Waals surface area contributed by atoms with Crippen molar-refractivity contribution in [2.75, 3.05) is 33.4 Å². The number of carbonyl (C=O) groups is 1. The minimum Gasteiger partial charge on any atom is -0.438 e. The molecule has 1 fully saturated rings. The van der Waals surface area contributed by atoms with Gasteiger partial charge in [-0.1, -0.05) is 0 Å². The number of ether oxygens (including phenoxy) is 2. The molecule has 1 heterocycles. The van der Waals surface area contributed by atoms with Gasteiger partial charge in [0.1, 0.15) is 6.61 Å². The van der Waals surface area contributed by atoms with E-state index in [4.69, 9.17) is 4.74 Å². The molecule has 5 nitrogen and oxygen atoms in total. The summed E-state index contributed by atoms with van der Waals surface area (Å²) >= 11 is 0. The van der Waals surface area contributed by atoms with Gasteiger partial charge in [-0.25, -0.2) is 4.79 Å². The van der Waals surface area contributed by atoms with Crippen molar-refractivity contribution in [3.63, 3.8) is 0 Å². The van der Waals surface area contributed by atoms with Crippen LogP contribution in [-0.4, -0.2) is 44.7 Å². The lowest BCUT2D eigenvalue weighted by Gasteiger charge is -2.34. The Morgan fingerprint density at radius 2 is 2.14 bits per heavy atom. The van der Waals surface area contributed by atoms with E-state index in [-0.39, 0.29) is 18.6 Å². The predicted molar refractivity (Wildman–Crippen MR) is 50.0 cm³/mol. The van der Waals surface area contributed by atoms with Crippen LogP contribution in [-0.2, 0) is 9.47 Å². The van der Waals surface area contributed by atoms with Gasteiger partial charge in [-0.05, 0) is 25.9 Å². The molecule has 1 aliphatic heterocycles. The molecule has 1 rings (SSSR count). The summed E-state index contributed by atoms with van der Waals surface area (Å²) in [5, 5.41) is 12.5. The predicted octanol–water partition coefficient (Wildman–Crippen LogP) is 0.131. The summed E-state index contributed by atoms with van der Waals surface area (Å²) in [5.41, 5.74) is -0.278. The van der Waals surface area contributed by atoms with Crippen molar-refractivity contribution in [2.45, 2.75) is 12.8 Å². The molecule has 0 aliphatic carbocycles. The number of nitrogens with one attached hydrogen (secondary N) is 1. The highest BCUT2D eigenvalue weighted by Gasteiger charge is 2.33. The summed E-state index contributed by atoms with van der Waals surface area (Å²) in [6, 6.07) is 0. The van der Waals surface area contributed by atoms with Crippen LogP contribution in [0.2, 0.25) is 0 Å². The summed E-state index contributed by atoms with van der Waals surface area (Å²) in [4.78, 5) is 10.8. The number of carbonyl (C=O) groups excluding carboxylic acids is 1. The third kappa shape index (κ3) is 2.85. The molecule has 1 aliphatic rings. The van der Waals surface area contributed by atoms with Crippen LogP contribution in [0.5, 0.6) is 0 Å².